The highest BCUT2D eigenvalue weighted by molar-refractivity contribution is 5.91. The molecule has 1 unspecified atom stereocenters. The van der Waals surface area contributed by atoms with Gasteiger partial charge in [0, 0.05) is 29.2 Å². The Hall–Kier alpha value is -4.13. The molecule has 31 heavy (non-hydrogen) atoms. The molecule has 2 heterocycles. The number of carbonyl (C=O) groups excluding carboxylic acids is 1. The molecule has 7 heteroatoms. The summed E-state index contributed by atoms with van der Waals surface area (Å²) in [5.41, 5.74) is 2.66. The third-order valence-electron chi connectivity index (χ3n) is 4.94. The van der Waals surface area contributed by atoms with Gasteiger partial charge >= 0.3 is 5.97 Å². The maximum atomic E-state index is 12.1. The SMILES string of the molecule is O=C(O)CC(c1ccccc1)c1c[nH]c2ccc(OCC(=O)Nc3ccccn3)cc12. The van der Waals surface area contributed by atoms with Gasteiger partial charge in [-0.25, -0.2) is 4.98 Å². The summed E-state index contributed by atoms with van der Waals surface area (Å²) in [6, 6.07) is 20.2. The lowest BCUT2D eigenvalue weighted by Gasteiger charge is -2.15. The molecule has 0 aliphatic rings. The fourth-order valence-corrected chi connectivity index (χ4v) is 3.53. The molecular formula is C24H21N3O4. The number of amides is 1. The number of nitrogens with zero attached hydrogens (tertiary/aromatic N) is 1. The summed E-state index contributed by atoms with van der Waals surface area (Å²) in [6.45, 7) is -0.168. The van der Waals surface area contributed by atoms with Crippen molar-refractivity contribution in [3.05, 3.63) is 90.3 Å². The van der Waals surface area contributed by atoms with Crippen molar-refractivity contribution in [3.63, 3.8) is 0 Å². The number of ether oxygens (including phenoxy) is 1. The van der Waals surface area contributed by atoms with Gasteiger partial charge in [0.2, 0.25) is 0 Å². The minimum atomic E-state index is -0.873. The van der Waals surface area contributed by atoms with Gasteiger partial charge in [0.25, 0.3) is 5.91 Å². The van der Waals surface area contributed by atoms with E-state index in [0.29, 0.717) is 11.6 Å². The third-order valence-corrected chi connectivity index (χ3v) is 4.94. The van der Waals surface area contributed by atoms with Gasteiger partial charge in [-0.1, -0.05) is 36.4 Å². The zero-order valence-corrected chi connectivity index (χ0v) is 16.6. The number of nitrogens with one attached hydrogen (secondary N) is 2. The Morgan fingerprint density at radius 3 is 2.61 bits per heavy atom. The van der Waals surface area contributed by atoms with Gasteiger partial charge in [-0.2, -0.15) is 0 Å². The van der Waals surface area contributed by atoms with Crippen LogP contribution in [-0.2, 0) is 9.59 Å². The lowest BCUT2D eigenvalue weighted by Crippen LogP contribution is -2.20. The van der Waals surface area contributed by atoms with E-state index in [9.17, 15) is 14.7 Å². The summed E-state index contributed by atoms with van der Waals surface area (Å²) in [4.78, 5) is 30.9. The third kappa shape index (κ3) is 4.90. The van der Waals surface area contributed by atoms with Gasteiger partial charge in [0.05, 0.1) is 6.42 Å². The highest BCUT2D eigenvalue weighted by atomic mass is 16.5. The number of benzene rings is 2. The summed E-state index contributed by atoms with van der Waals surface area (Å²) in [6.07, 6.45) is 3.40. The Morgan fingerprint density at radius 2 is 1.87 bits per heavy atom. The number of rotatable bonds is 8. The van der Waals surface area contributed by atoms with E-state index in [1.807, 2.05) is 48.7 Å². The van der Waals surface area contributed by atoms with E-state index in [1.54, 1.807) is 30.5 Å². The first kappa shape index (κ1) is 20.2. The number of hydrogen-bond acceptors (Lipinski definition) is 4. The Kier molecular flexibility index (Phi) is 5.93. The molecule has 7 nitrogen and oxygen atoms in total. The number of H-pyrrole nitrogens is 1. The Labute approximate surface area is 178 Å². The molecule has 0 saturated carbocycles. The average Bonchev–Trinajstić information content (AvgIpc) is 3.20. The summed E-state index contributed by atoms with van der Waals surface area (Å²) >= 11 is 0. The molecule has 0 saturated heterocycles. The monoisotopic (exact) mass is 415 g/mol. The predicted molar refractivity (Wildman–Crippen MR) is 117 cm³/mol. The first-order valence-electron chi connectivity index (χ1n) is 9.81. The fraction of sp³-hybridized carbons (Fsp3) is 0.125. The lowest BCUT2D eigenvalue weighted by atomic mass is 9.88. The Bertz CT molecular complexity index is 1190. The number of fused-ring (bicyclic) bond motifs is 1. The normalized spacial score (nSPS) is 11.7. The van der Waals surface area contributed by atoms with Crippen LogP contribution in [-0.4, -0.2) is 33.6 Å². The minimum Gasteiger partial charge on any atom is -0.484 e. The van der Waals surface area contributed by atoms with Crippen LogP contribution in [0.2, 0.25) is 0 Å². The van der Waals surface area contributed by atoms with Crippen LogP contribution >= 0.6 is 0 Å². The molecule has 1 amide bonds. The van der Waals surface area contributed by atoms with Crippen molar-refractivity contribution in [3.8, 4) is 5.75 Å². The number of pyridine rings is 1. The summed E-state index contributed by atoms with van der Waals surface area (Å²) < 4.78 is 5.67. The van der Waals surface area contributed by atoms with Crippen LogP contribution in [0.15, 0.2) is 79.1 Å². The number of carboxylic acid groups (broad SMARTS) is 1. The van der Waals surface area contributed by atoms with Crippen molar-refractivity contribution in [2.75, 3.05) is 11.9 Å². The molecule has 0 aliphatic carbocycles. The molecule has 156 valence electrons. The number of hydrogen-bond donors (Lipinski definition) is 3. The Morgan fingerprint density at radius 1 is 1.06 bits per heavy atom. The highest BCUT2D eigenvalue weighted by Crippen LogP contribution is 2.35. The standard InChI is InChI=1S/C24H21N3O4/c28-23(27-22-8-4-5-11-25-22)15-31-17-9-10-21-19(12-17)20(14-26-21)18(13-24(29)30)16-6-2-1-3-7-16/h1-12,14,18,26H,13,15H2,(H,29,30)(H,25,27,28). The van der Waals surface area contributed by atoms with Crippen LogP contribution < -0.4 is 10.1 Å². The molecule has 2 aromatic heterocycles. The second-order valence-electron chi connectivity index (χ2n) is 7.06. The fourth-order valence-electron chi connectivity index (χ4n) is 3.53. The molecule has 1 atom stereocenters. The van der Waals surface area contributed by atoms with Gasteiger partial charge < -0.3 is 20.1 Å². The quantitative estimate of drug-likeness (QED) is 0.400. The molecule has 4 rings (SSSR count). The molecule has 0 bridgehead atoms. The summed E-state index contributed by atoms with van der Waals surface area (Å²) in [5, 5.41) is 13.0. The van der Waals surface area contributed by atoms with E-state index in [1.165, 1.54) is 0 Å². The molecule has 0 radical (unpaired) electrons. The zero-order chi connectivity index (χ0) is 21.6. The van der Waals surface area contributed by atoms with Gasteiger partial charge in [0.15, 0.2) is 6.61 Å². The number of anilines is 1. The maximum Gasteiger partial charge on any atom is 0.304 e. The molecular weight excluding hydrogens is 394 g/mol. The highest BCUT2D eigenvalue weighted by Gasteiger charge is 2.21. The largest absolute Gasteiger partial charge is 0.484 e. The minimum absolute atomic E-state index is 0.0332. The molecule has 0 spiro atoms. The molecule has 3 N–H and O–H groups in total. The predicted octanol–water partition coefficient (Wildman–Crippen LogP) is 4.19. The van der Waals surface area contributed by atoms with Gasteiger partial charge in [-0.15, -0.1) is 0 Å². The first-order valence-corrected chi connectivity index (χ1v) is 9.81. The lowest BCUT2D eigenvalue weighted by molar-refractivity contribution is -0.137. The van der Waals surface area contributed by atoms with Crippen molar-refractivity contribution in [2.24, 2.45) is 0 Å². The van der Waals surface area contributed by atoms with Crippen molar-refractivity contribution in [1.82, 2.24) is 9.97 Å². The number of carboxylic acids is 1. The number of aromatic nitrogens is 2. The molecule has 0 fully saturated rings. The van der Waals surface area contributed by atoms with Crippen molar-refractivity contribution < 1.29 is 19.4 Å². The van der Waals surface area contributed by atoms with Gasteiger partial charge in [-0.3, -0.25) is 9.59 Å². The molecule has 2 aromatic carbocycles. The van der Waals surface area contributed by atoms with Crippen LogP contribution in [0.1, 0.15) is 23.5 Å². The van der Waals surface area contributed by atoms with Crippen LogP contribution in [0.3, 0.4) is 0 Å². The number of aromatic amines is 1. The molecule has 0 aliphatic heterocycles. The molecule has 4 aromatic rings. The van der Waals surface area contributed by atoms with Crippen LogP contribution in [0.5, 0.6) is 5.75 Å². The smallest absolute Gasteiger partial charge is 0.304 e. The number of aliphatic carboxylic acids is 1. The average molecular weight is 415 g/mol. The van der Waals surface area contributed by atoms with Gasteiger partial charge in [0.1, 0.15) is 11.6 Å². The summed E-state index contributed by atoms with van der Waals surface area (Å²) in [7, 11) is 0. The van der Waals surface area contributed by atoms with Crippen LogP contribution in [0, 0.1) is 0 Å². The zero-order valence-electron chi connectivity index (χ0n) is 16.6. The van der Waals surface area contributed by atoms with E-state index in [2.05, 4.69) is 15.3 Å². The topological polar surface area (TPSA) is 104 Å². The summed E-state index contributed by atoms with van der Waals surface area (Å²) in [5.74, 6) is -0.524. The van der Waals surface area contributed by atoms with E-state index < -0.39 is 5.97 Å². The van der Waals surface area contributed by atoms with E-state index >= 15 is 0 Å². The van der Waals surface area contributed by atoms with Crippen molar-refractivity contribution in [1.29, 1.82) is 0 Å². The Balaban J connectivity index is 1.55. The second kappa shape index (κ2) is 9.13. The van der Waals surface area contributed by atoms with E-state index in [4.69, 9.17) is 4.74 Å². The van der Waals surface area contributed by atoms with Crippen LogP contribution in [0.4, 0.5) is 5.82 Å². The first-order chi connectivity index (χ1) is 15.1. The number of carbonyl (C=O) groups is 2. The second-order valence-corrected chi connectivity index (χ2v) is 7.06. The van der Waals surface area contributed by atoms with E-state index in [0.717, 1.165) is 22.0 Å². The van der Waals surface area contributed by atoms with Crippen LogP contribution in [0.25, 0.3) is 10.9 Å². The van der Waals surface area contributed by atoms with Gasteiger partial charge in [-0.05, 0) is 41.5 Å². The maximum absolute atomic E-state index is 12.1. The van der Waals surface area contributed by atoms with Crippen molar-refractivity contribution >= 4 is 28.6 Å². The van der Waals surface area contributed by atoms with Crippen molar-refractivity contribution in [2.45, 2.75) is 12.3 Å². The van der Waals surface area contributed by atoms with E-state index in [-0.39, 0.29) is 24.9 Å².